The van der Waals surface area contributed by atoms with Crippen molar-refractivity contribution in [2.75, 3.05) is 4.90 Å². The van der Waals surface area contributed by atoms with Crippen molar-refractivity contribution in [3.8, 4) is 11.1 Å². The van der Waals surface area contributed by atoms with Gasteiger partial charge in [0.15, 0.2) is 0 Å². The van der Waals surface area contributed by atoms with Gasteiger partial charge in [-0.05, 0) is 81.6 Å². The number of carbonyl (C=O) groups is 3. The van der Waals surface area contributed by atoms with E-state index in [0.29, 0.717) is 15.7 Å². The summed E-state index contributed by atoms with van der Waals surface area (Å²) >= 11 is 12.6. The SMILES string of the molecule is CC(NC(=O)c1cnc2n1C(C)(Cc1ccc(-c3ccc(F)cc3)cc1)C(=O)N2c1cc(Cl)cc(Cl)c1)C(=O)OC(C)(C)C. The smallest absolute Gasteiger partial charge is 0.328 e. The Balaban J connectivity index is 1.52. The number of esters is 1. The largest absolute Gasteiger partial charge is 0.458 e. The molecule has 0 spiro atoms. The number of rotatable bonds is 7. The minimum atomic E-state index is -1.31. The van der Waals surface area contributed by atoms with Gasteiger partial charge in [0.25, 0.3) is 11.8 Å². The summed E-state index contributed by atoms with van der Waals surface area (Å²) in [7, 11) is 0. The van der Waals surface area contributed by atoms with Crippen LogP contribution in [0.5, 0.6) is 0 Å². The van der Waals surface area contributed by atoms with Gasteiger partial charge in [0, 0.05) is 16.5 Å². The summed E-state index contributed by atoms with van der Waals surface area (Å²) in [6.45, 7) is 8.48. The summed E-state index contributed by atoms with van der Waals surface area (Å²) in [5.41, 5.74) is 0.981. The lowest BCUT2D eigenvalue weighted by atomic mass is 9.90. The van der Waals surface area contributed by atoms with Crippen LogP contribution < -0.4 is 10.2 Å². The lowest BCUT2D eigenvalue weighted by Crippen LogP contribution is -2.45. The zero-order chi connectivity index (χ0) is 32.0. The summed E-state index contributed by atoms with van der Waals surface area (Å²) < 4.78 is 20.4. The number of nitrogens with one attached hydrogen (secondary N) is 1. The minimum absolute atomic E-state index is 0.0878. The van der Waals surface area contributed by atoms with Crippen LogP contribution in [0.25, 0.3) is 11.1 Å². The monoisotopic (exact) mass is 636 g/mol. The molecule has 0 aliphatic carbocycles. The highest BCUT2D eigenvalue weighted by Gasteiger charge is 2.51. The summed E-state index contributed by atoms with van der Waals surface area (Å²) in [5.74, 6) is -1.66. The van der Waals surface area contributed by atoms with Crippen LogP contribution in [0, 0.1) is 5.82 Å². The van der Waals surface area contributed by atoms with Gasteiger partial charge in [0.05, 0.1) is 11.9 Å². The van der Waals surface area contributed by atoms with Crippen LogP contribution in [-0.2, 0) is 26.3 Å². The molecular weight excluding hydrogens is 606 g/mol. The topological polar surface area (TPSA) is 93.5 Å². The molecule has 2 unspecified atom stereocenters. The van der Waals surface area contributed by atoms with Gasteiger partial charge in [-0.25, -0.2) is 19.1 Å². The number of imidazole rings is 1. The van der Waals surface area contributed by atoms with Crippen molar-refractivity contribution in [3.05, 3.63) is 100 Å². The number of aromatic nitrogens is 2. The third kappa shape index (κ3) is 6.21. The molecular formula is C33H31Cl2FN4O4. The molecule has 0 radical (unpaired) electrons. The molecule has 8 nitrogen and oxygen atoms in total. The molecule has 0 saturated carbocycles. The highest BCUT2D eigenvalue weighted by atomic mass is 35.5. The fourth-order valence-electron chi connectivity index (χ4n) is 5.20. The molecule has 2 amide bonds. The maximum Gasteiger partial charge on any atom is 0.328 e. The number of ether oxygens (including phenoxy) is 1. The van der Waals surface area contributed by atoms with E-state index >= 15 is 0 Å². The molecule has 2 atom stereocenters. The Morgan fingerprint density at radius 3 is 2.14 bits per heavy atom. The average molecular weight is 638 g/mol. The third-order valence-corrected chi connectivity index (χ3v) is 7.66. The van der Waals surface area contributed by atoms with Gasteiger partial charge in [0.1, 0.15) is 28.7 Å². The molecule has 1 aliphatic heterocycles. The fourth-order valence-corrected chi connectivity index (χ4v) is 5.72. The molecule has 4 aromatic rings. The van der Waals surface area contributed by atoms with Gasteiger partial charge < -0.3 is 10.1 Å². The van der Waals surface area contributed by atoms with Crippen molar-refractivity contribution in [2.45, 2.75) is 58.2 Å². The second kappa shape index (κ2) is 11.7. The number of amides is 2. The Hall–Kier alpha value is -4.21. The van der Waals surface area contributed by atoms with E-state index in [9.17, 15) is 18.8 Å². The molecule has 1 N–H and O–H groups in total. The molecule has 0 fully saturated rings. The lowest BCUT2D eigenvalue weighted by Gasteiger charge is -2.27. The molecule has 228 valence electrons. The van der Waals surface area contributed by atoms with Gasteiger partial charge in [0.2, 0.25) is 5.95 Å². The number of halogens is 3. The van der Waals surface area contributed by atoms with E-state index < -0.39 is 29.1 Å². The Bertz CT molecular complexity index is 1730. The van der Waals surface area contributed by atoms with Crippen LogP contribution in [0.3, 0.4) is 0 Å². The highest BCUT2D eigenvalue weighted by Crippen LogP contribution is 2.43. The molecule has 3 aromatic carbocycles. The van der Waals surface area contributed by atoms with E-state index in [1.165, 1.54) is 30.2 Å². The first-order chi connectivity index (χ1) is 20.7. The standard InChI is InChI=1S/C33H31Cl2FN4O4/c1-19(29(42)44-32(2,3)4)38-28(41)27-18-37-31-39(26-15-23(34)14-24(35)16-26)30(43)33(5,40(27)31)17-20-6-8-21(9-7-20)22-10-12-25(36)13-11-22/h6-16,18-19H,17H2,1-5H3,(H,38,41). The first-order valence-corrected chi connectivity index (χ1v) is 14.7. The fraction of sp³-hybridized carbons (Fsp3) is 0.273. The van der Waals surface area contributed by atoms with E-state index in [1.54, 1.807) is 62.6 Å². The van der Waals surface area contributed by atoms with E-state index in [4.69, 9.17) is 27.9 Å². The van der Waals surface area contributed by atoms with E-state index in [0.717, 1.165) is 16.7 Å². The predicted octanol–water partition coefficient (Wildman–Crippen LogP) is 7.09. The van der Waals surface area contributed by atoms with Crippen LogP contribution in [0.1, 0.15) is 50.7 Å². The van der Waals surface area contributed by atoms with Crippen LogP contribution in [0.15, 0.2) is 72.9 Å². The normalized spacial score (nSPS) is 16.9. The molecule has 0 saturated heterocycles. The van der Waals surface area contributed by atoms with Gasteiger partial charge in [-0.15, -0.1) is 0 Å². The summed E-state index contributed by atoms with van der Waals surface area (Å²) in [4.78, 5) is 46.3. The van der Waals surface area contributed by atoms with Gasteiger partial charge >= 0.3 is 5.97 Å². The molecule has 2 heterocycles. The van der Waals surface area contributed by atoms with Gasteiger partial charge in [-0.2, -0.15) is 0 Å². The summed E-state index contributed by atoms with van der Waals surface area (Å²) in [5, 5.41) is 3.33. The number of hydrogen-bond acceptors (Lipinski definition) is 5. The first-order valence-electron chi connectivity index (χ1n) is 13.9. The predicted molar refractivity (Wildman–Crippen MR) is 168 cm³/mol. The number of hydrogen-bond donors (Lipinski definition) is 1. The molecule has 0 bridgehead atoms. The van der Waals surface area contributed by atoms with Crippen molar-refractivity contribution < 1.29 is 23.5 Å². The molecule has 5 rings (SSSR count). The molecule has 1 aliphatic rings. The average Bonchev–Trinajstić information content (AvgIpc) is 3.46. The van der Waals surface area contributed by atoms with Crippen LogP contribution >= 0.6 is 23.2 Å². The maximum atomic E-state index is 14.3. The second-order valence-corrected chi connectivity index (χ2v) is 12.8. The Morgan fingerprint density at radius 1 is 1.00 bits per heavy atom. The highest BCUT2D eigenvalue weighted by molar-refractivity contribution is 6.35. The molecule has 1 aromatic heterocycles. The van der Waals surface area contributed by atoms with Crippen LogP contribution in [-0.4, -0.2) is 39.0 Å². The zero-order valence-electron chi connectivity index (χ0n) is 24.8. The Labute approximate surface area is 264 Å². The van der Waals surface area contributed by atoms with Crippen molar-refractivity contribution >= 4 is 52.6 Å². The van der Waals surface area contributed by atoms with E-state index in [1.807, 2.05) is 24.3 Å². The van der Waals surface area contributed by atoms with Crippen molar-refractivity contribution in [3.63, 3.8) is 0 Å². The number of nitrogens with zero attached hydrogens (tertiary/aromatic N) is 3. The number of carbonyl (C=O) groups excluding carboxylic acids is 3. The third-order valence-electron chi connectivity index (χ3n) is 7.23. The Morgan fingerprint density at radius 2 is 1.57 bits per heavy atom. The van der Waals surface area contributed by atoms with Crippen LogP contribution in [0.4, 0.5) is 16.0 Å². The van der Waals surface area contributed by atoms with Crippen molar-refractivity contribution in [2.24, 2.45) is 0 Å². The summed E-state index contributed by atoms with van der Waals surface area (Å²) in [6.07, 6.45) is 1.57. The number of fused-ring (bicyclic) bond motifs is 1. The lowest BCUT2D eigenvalue weighted by molar-refractivity contribution is -0.156. The van der Waals surface area contributed by atoms with Crippen molar-refractivity contribution in [1.29, 1.82) is 0 Å². The van der Waals surface area contributed by atoms with Crippen molar-refractivity contribution in [1.82, 2.24) is 14.9 Å². The van der Waals surface area contributed by atoms with E-state index in [-0.39, 0.29) is 29.8 Å². The minimum Gasteiger partial charge on any atom is -0.458 e. The zero-order valence-corrected chi connectivity index (χ0v) is 26.3. The van der Waals surface area contributed by atoms with E-state index in [2.05, 4.69) is 10.3 Å². The maximum absolute atomic E-state index is 14.3. The second-order valence-electron chi connectivity index (χ2n) is 11.9. The number of benzene rings is 3. The quantitative estimate of drug-likeness (QED) is 0.219. The molecule has 11 heteroatoms. The van der Waals surface area contributed by atoms with Crippen LogP contribution in [0.2, 0.25) is 10.0 Å². The van der Waals surface area contributed by atoms with Gasteiger partial charge in [-0.3, -0.25) is 14.2 Å². The summed E-state index contributed by atoms with van der Waals surface area (Å²) in [6, 6.07) is 17.5. The number of anilines is 2. The first kappa shape index (κ1) is 31.2. The Kier molecular flexibility index (Phi) is 8.31. The molecule has 44 heavy (non-hydrogen) atoms. The van der Waals surface area contributed by atoms with Gasteiger partial charge in [-0.1, -0.05) is 59.6 Å².